The van der Waals surface area contributed by atoms with Gasteiger partial charge in [0, 0.05) is 12.1 Å². The molecule has 35 heavy (non-hydrogen) atoms. The van der Waals surface area contributed by atoms with Gasteiger partial charge in [0.05, 0.1) is 12.6 Å². The molecule has 2 atom stereocenters. The predicted octanol–water partition coefficient (Wildman–Crippen LogP) is 5.86. The standard InChI is InChI=1S/C28H34F2N2O3/c1-4-11-34-24-6-5-18(13-23(24)30)20-12-19-15-28(2,3)26(21(19)14-22(20)29)31-27(33)35-25-16-32-9-7-17(25)8-10-32/h5-6,12-14,17,25-26H,4,7-11,15-16H2,1-3H3,(H,31,33)/t25-,26+/m1/s1. The van der Waals surface area contributed by atoms with Gasteiger partial charge in [-0.25, -0.2) is 13.6 Å². The van der Waals surface area contributed by atoms with Gasteiger partial charge < -0.3 is 14.8 Å². The van der Waals surface area contributed by atoms with Gasteiger partial charge in [-0.1, -0.05) is 26.8 Å². The summed E-state index contributed by atoms with van der Waals surface area (Å²) in [7, 11) is 0. The third-order valence-electron chi connectivity index (χ3n) is 7.79. The summed E-state index contributed by atoms with van der Waals surface area (Å²) in [5, 5.41) is 3.03. The Morgan fingerprint density at radius 2 is 1.91 bits per heavy atom. The van der Waals surface area contributed by atoms with Crippen LogP contribution in [0.2, 0.25) is 0 Å². The maximum atomic E-state index is 15.3. The molecule has 188 valence electrons. The van der Waals surface area contributed by atoms with Crippen LogP contribution in [0.5, 0.6) is 5.75 Å². The van der Waals surface area contributed by atoms with Crippen molar-refractivity contribution in [1.29, 1.82) is 0 Å². The second-order valence-electron chi connectivity index (χ2n) is 10.8. The molecule has 6 rings (SSSR count). The molecule has 3 fully saturated rings. The molecular formula is C28H34F2N2O3. The van der Waals surface area contributed by atoms with Crippen LogP contribution in [0.1, 0.15) is 57.2 Å². The van der Waals surface area contributed by atoms with Crippen molar-refractivity contribution in [3.05, 3.63) is 53.1 Å². The first-order valence-corrected chi connectivity index (χ1v) is 12.7. The van der Waals surface area contributed by atoms with E-state index in [-0.39, 0.29) is 23.3 Å². The summed E-state index contributed by atoms with van der Waals surface area (Å²) in [4.78, 5) is 15.2. The lowest BCUT2D eigenvalue weighted by molar-refractivity contribution is -0.0349. The van der Waals surface area contributed by atoms with Gasteiger partial charge in [-0.15, -0.1) is 0 Å². The normalized spacial score (nSPS) is 26.3. The minimum Gasteiger partial charge on any atom is -0.491 e. The Kier molecular flexibility index (Phi) is 6.47. The maximum absolute atomic E-state index is 15.3. The minimum atomic E-state index is -0.508. The average Bonchev–Trinajstić information content (AvgIpc) is 3.07. The third kappa shape index (κ3) is 4.75. The largest absolute Gasteiger partial charge is 0.491 e. The highest BCUT2D eigenvalue weighted by Gasteiger charge is 2.42. The van der Waals surface area contributed by atoms with Crippen molar-refractivity contribution >= 4 is 6.09 Å². The van der Waals surface area contributed by atoms with E-state index in [1.807, 2.05) is 6.92 Å². The van der Waals surface area contributed by atoms with E-state index in [1.54, 1.807) is 18.2 Å². The maximum Gasteiger partial charge on any atom is 0.407 e. The molecule has 4 aliphatic rings. The van der Waals surface area contributed by atoms with E-state index < -0.39 is 17.7 Å². The van der Waals surface area contributed by atoms with E-state index in [2.05, 4.69) is 24.1 Å². The zero-order valence-corrected chi connectivity index (χ0v) is 20.7. The number of hydrogen-bond donors (Lipinski definition) is 1. The minimum absolute atomic E-state index is 0.0835. The molecule has 0 aromatic heterocycles. The van der Waals surface area contributed by atoms with Gasteiger partial charge >= 0.3 is 6.09 Å². The van der Waals surface area contributed by atoms with Crippen molar-refractivity contribution in [2.75, 3.05) is 26.2 Å². The van der Waals surface area contributed by atoms with E-state index in [9.17, 15) is 9.18 Å². The van der Waals surface area contributed by atoms with E-state index in [4.69, 9.17) is 9.47 Å². The smallest absolute Gasteiger partial charge is 0.407 e. The molecule has 2 bridgehead atoms. The molecule has 0 radical (unpaired) electrons. The fourth-order valence-electron chi connectivity index (χ4n) is 5.89. The Morgan fingerprint density at radius 1 is 1.14 bits per heavy atom. The number of alkyl carbamates (subject to hydrolysis) is 1. The summed E-state index contributed by atoms with van der Waals surface area (Å²) in [6.45, 7) is 9.44. The Hall–Kier alpha value is -2.67. The van der Waals surface area contributed by atoms with Crippen LogP contribution < -0.4 is 10.1 Å². The van der Waals surface area contributed by atoms with Gasteiger partial charge in [0.25, 0.3) is 0 Å². The summed E-state index contributed by atoms with van der Waals surface area (Å²) in [6, 6.07) is 7.45. The van der Waals surface area contributed by atoms with Gasteiger partial charge in [0.1, 0.15) is 11.9 Å². The molecule has 3 heterocycles. The highest BCUT2D eigenvalue weighted by Crippen LogP contribution is 2.47. The third-order valence-corrected chi connectivity index (χ3v) is 7.79. The first kappa shape index (κ1) is 24.0. The molecule has 1 amide bonds. The summed E-state index contributed by atoms with van der Waals surface area (Å²) in [5.41, 5.74) is 2.19. The number of carbonyl (C=O) groups excluding carboxylic acids is 1. The first-order valence-electron chi connectivity index (χ1n) is 12.7. The monoisotopic (exact) mass is 484 g/mol. The Balaban J connectivity index is 1.35. The number of rotatable bonds is 6. The molecule has 1 aliphatic carbocycles. The zero-order chi connectivity index (χ0) is 24.7. The number of nitrogens with zero attached hydrogens (tertiary/aromatic N) is 1. The Morgan fingerprint density at radius 3 is 2.57 bits per heavy atom. The van der Waals surface area contributed by atoms with E-state index >= 15 is 4.39 Å². The summed E-state index contributed by atoms with van der Waals surface area (Å²) in [6.07, 6.45) is 3.05. The number of nitrogens with one attached hydrogen (secondary N) is 1. The van der Waals surface area contributed by atoms with Crippen LogP contribution in [0.4, 0.5) is 13.6 Å². The molecule has 5 nitrogen and oxygen atoms in total. The molecule has 3 aliphatic heterocycles. The molecule has 0 saturated carbocycles. The van der Waals surface area contributed by atoms with Crippen molar-refractivity contribution in [3.8, 4) is 16.9 Å². The number of hydrogen-bond acceptors (Lipinski definition) is 4. The SMILES string of the molecule is CCCOc1ccc(-c2cc3c(cc2F)[C@H](NC(=O)O[C@@H]2CN4CCC2CC4)C(C)(C)C3)cc1F. The van der Waals surface area contributed by atoms with E-state index in [0.29, 0.717) is 30.1 Å². The van der Waals surface area contributed by atoms with Crippen LogP contribution in [0, 0.1) is 23.0 Å². The molecule has 3 saturated heterocycles. The second kappa shape index (κ2) is 9.41. The number of benzene rings is 2. The second-order valence-corrected chi connectivity index (χ2v) is 10.8. The van der Waals surface area contributed by atoms with E-state index in [1.165, 1.54) is 12.1 Å². The van der Waals surface area contributed by atoms with Crippen molar-refractivity contribution in [1.82, 2.24) is 10.2 Å². The van der Waals surface area contributed by atoms with Crippen molar-refractivity contribution in [2.24, 2.45) is 11.3 Å². The van der Waals surface area contributed by atoms with Crippen LogP contribution in [0.3, 0.4) is 0 Å². The molecular weight excluding hydrogens is 450 g/mol. The molecule has 7 heteroatoms. The van der Waals surface area contributed by atoms with Crippen LogP contribution in [-0.4, -0.2) is 43.3 Å². The summed E-state index contributed by atoms with van der Waals surface area (Å²) < 4.78 is 41.1. The van der Waals surface area contributed by atoms with Gasteiger partial charge in [0.2, 0.25) is 0 Å². The van der Waals surface area contributed by atoms with Gasteiger partial charge in [-0.3, -0.25) is 4.90 Å². The first-order chi connectivity index (χ1) is 16.7. The van der Waals surface area contributed by atoms with Crippen molar-refractivity contribution < 1.29 is 23.0 Å². The lowest BCUT2D eigenvalue weighted by atomic mass is 9.85. The molecule has 1 N–H and O–H groups in total. The number of fused-ring (bicyclic) bond motifs is 4. The lowest BCUT2D eigenvalue weighted by Gasteiger charge is -2.44. The number of piperidine rings is 3. The lowest BCUT2D eigenvalue weighted by Crippen LogP contribution is -2.53. The van der Waals surface area contributed by atoms with Gasteiger partial charge in [-0.2, -0.15) is 0 Å². The molecule has 0 unspecified atom stereocenters. The quantitative estimate of drug-likeness (QED) is 0.558. The zero-order valence-electron chi connectivity index (χ0n) is 20.7. The van der Waals surface area contributed by atoms with E-state index in [0.717, 1.165) is 50.0 Å². The van der Waals surface area contributed by atoms with Crippen LogP contribution in [0.15, 0.2) is 30.3 Å². The van der Waals surface area contributed by atoms with Gasteiger partial charge in [0.15, 0.2) is 11.6 Å². The number of amides is 1. The van der Waals surface area contributed by atoms with Crippen LogP contribution >= 0.6 is 0 Å². The molecule has 2 aromatic carbocycles. The molecule has 2 aromatic rings. The Bertz CT molecular complexity index is 1110. The summed E-state index contributed by atoms with van der Waals surface area (Å²) >= 11 is 0. The summed E-state index contributed by atoms with van der Waals surface area (Å²) in [5.74, 6) is -0.357. The van der Waals surface area contributed by atoms with Crippen molar-refractivity contribution in [3.63, 3.8) is 0 Å². The predicted molar refractivity (Wildman–Crippen MR) is 130 cm³/mol. The number of ether oxygens (including phenoxy) is 2. The Labute approximate surface area is 205 Å². The highest BCUT2D eigenvalue weighted by atomic mass is 19.1. The molecule has 0 spiro atoms. The van der Waals surface area contributed by atoms with Gasteiger partial charge in [-0.05, 0) is 91.1 Å². The van der Waals surface area contributed by atoms with Crippen LogP contribution in [0.25, 0.3) is 11.1 Å². The highest BCUT2D eigenvalue weighted by molar-refractivity contribution is 5.71. The average molecular weight is 485 g/mol. The number of halogens is 2. The fourth-order valence-corrected chi connectivity index (χ4v) is 5.89. The van der Waals surface area contributed by atoms with Crippen molar-refractivity contribution in [2.45, 2.75) is 58.6 Å². The topological polar surface area (TPSA) is 50.8 Å². The van der Waals surface area contributed by atoms with Crippen LogP contribution in [-0.2, 0) is 11.2 Å². The fraction of sp³-hybridized carbons (Fsp3) is 0.536. The number of carbonyl (C=O) groups is 1.